The summed E-state index contributed by atoms with van der Waals surface area (Å²) < 4.78 is 25.2. The monoisotopic (exact) mass is 586 g/mol. The molecule has 0 aliphatic carbocycles. The summed E-state index contributed by atoms with van der Waals surface area (Å²) in [6.07, 6.45) is 1.41. The minimum absolute atomic E-state index is 0.189. The summed E-state index contributed by atoms with van der Waals surface area (Å²) in [5.74, 6) is -0.978. The van der Waals surface area contributed by atoms with Gasteiger partial charge in [0.15, 0.2) is 11.5 Å². The highest BCUT2D eigenvalue weighted by Gasteiger charge is 2.37. The van der Waals surface area contributed by atoms with Crippen LogP contribution in [0, 0.1) is 16.3 Å². The van der Waals surface area contributed by atoms with Crippen molar-refractivity contribution in [3.8, 4) is 11.5 Å². The second-order valence-corrected chi connectivity index (χ2v) is 8.86. The van der Waals surface area contributed by atoms with Crippen molar-refractivity contribution in [2.75, 3.05) is 12.0 Å². The third-order valence-corrected chi connectivity index (χ3v) is 6.12. The number of aryl methyl sites for hydroxylation is 1. The molecule has 1 heterocycles. The van der Waals surface area contributed by atoms with Crippen LogP contribution < -0.4 is 19.7 Å². The van der Waals surface area contributed by atoms with Crippen molar-refractivity contribution in [1.82, 2.24) is 5.32 Å². The Morgan fingerprint density at radius 1 is 1.06 bits per heavy atom. The van der Waals surface area contributed by atoms with E-state index in [2.05, 4.69) is 27.9 Å². The number of carbonyl (C=O) groups is 3. The summed E-state index contributed by atoms with van der Waals surface area (Å²) in [5, 5.41) is 2.23. The van der Waals surface area contributed by atoms with Gasteiger partial charge >= 0.3 is 6.03 Å². The van der Waals surface area contributed by atoms with Gasteiger partial charge in [0.1, 0.15) is 18.0 Å². The lowest BCUT2D eigenvalue weighted by atomic mass is 10.1. The van der Waals surface area contributed by atoms with Crippen molar-refractivity contribution in [3.05, 3.63) is 92.3 Å². The molecule has 0 unspecified atom stereocenters. The molecule has 1 aliphatic heterocycles. The van der Waals surface area contributed by atoms with Crippen molar-refractivity contribution >= 4 is 52.2 Å². The highest BCUT2D eigenvalue weighted by molar-refractivity contribution is 14.1. The van der Waals surface area contributed by atoms with E-state index in [9.17, 15) is 18.8 Å². The smallest absolute Gasteiger partial charge is 0.335 e. The number of carbonyl (C=O) groups excluding carboxylic acids is 3. The Balaban J connectivity index is 1.64. The molecule has 1 saturated heterocycles. The number of methoxy groups -OCH3 is 1. The fourth-order valence-corrected chi connectivity index (χ4v) is 4.34. The summed E-state index contributed by atoms with van der Waals surface area (Å²) in [4.78, 5) is 39.1. The number of anilines is 1. The molecule has 35 heavy (non-hydrogen) atoms. The second-order valence-electron chi connectivity index (χ2n) is 7.69. The van der Waals surface area contributed by atoms with Crippen LogP contribution in [0.25, 0.3) is 6.08 Å². The van der Waals surface area contributed by atoms with E-state index in [1.807, 2.05) is 0 Å². The Bertz CT molecular complexity index is 1350. The zero-order chi connectivity index (χ0) is 25.1. The molecule has 0 saturated carbocycles. The first-order chi connectivity index (χ1) is 16.8. The lowest BCUT2D eigenvalue weighted by Crippen LogP contribution is -2.54. The first kappa shape index (κ1) is 24.4. The van der Waals surface area contributed by atoms with Gasteiger partial charge in [-0.15, -0.1) is 0 Å². The van der Waals surface area contributed by atoms with Gasteiger partial charge in [0, 0.05) is 0 Å². The van der Waals surface area contributed by atoms with E-state index in [1.165, 1.54) is 25.3 Å². The van der Waals surface area contributed by atoms with Gasteiger partial charge in [-0.25, -0.2) is 14.1 Å². The molecular formula is C26H20FIN2O5. The van der Waals surface area contributed by atoms with Crippen molar-refractivity contribution in [2.24, 2.45) is 0 Å². The van der Waals surface area contributed by atoms with E-state index in [-0.39, 0.29) is 18.0 Å². The van der Waals surface area contributed by atoms with Crippen LogP contribution in [0.1, 0.15) is 16.7 Å². The van der Waals surface area contributed by atoms with Crippen molar-refractivity contribution in [3.63, 3.8) is 0 Å². The van der Waals surface area contributed by atoms with Crippen molar-refractivity contribution in [1.29, 1.82) is 0 Å². The number of hydrogen-bond acceptors (Lipinski definition) is 5. The minimum Gasteiger partial charge on any atom is -0.493 e. The molecular weight excluding hydrogens is 566 g/mol. The van der Waals surface area contributed by atoms with E-state index >= 15 is 0 Å². The molecule has 4 amide bonds. The summed E-state index contributed by atoms with van der Waals surface area (Å²) in [7, 11) is 1.48. The fourth-order valence-electron chi connectivity index (χ4n) is 3.56. The third kappa shape index (κ3) is 5.19. The van der Waals surface area contributed by atoms with Gasteiger partial charge < -0.3 is 9.47 Å². The summed E-state index contributed by atoms with van der Waals surface area (Å²) in [5.41, 5.74) is 2.21. The SMILES string of the molecule is COc1cc(/C=C2\C(=O)NC(=O)N(c3ccccc3C)C2=O)cc(I)c1OCc1ccc(F)cc1. The average molecular weight is 586 g/mol. The van der Waals surface area contributed by atoms with E-state index in [4.69, 9.17) is 9.47 Å². The van der Waals surface area contributed by atoms with Gasteiger partial charge in [-0.3, -0.25) is 14.9 Å². The Hall–Kier alpha value is -3.73. The number of para-hydroxylation sites is 1. The molecule has 1 aliphatic rings. The van der Waals surface area contributed by atoms with Gasteiger partial charge in [-0.2, -0.15) is 0 Å². The molecule has 1 fully saturated rings. The number of rotatable bonds is 6. The summed E-state index contributed by atoms with van der Waals surface area (Å²) >= 11 is 2.06. The van der Waals surface area contributed by atoms with Gasteiger partial charge in [0.05, 0.1) is 16.4 Å². The van der Waals surface area contributed by atoms with Crippen molar-refractivity contribution in [2.45, 2.75) is 13.5 Å². The largest absolute Gasteiger partial charge is 0.493 e. The standard InChI is InChI=1S/C26H20FIN2O5/c1-15-5-3-4-6-21(15)30-25(32)19(24(31)29-26(30)33)11-17-12-20(28)23(22(13-17)34-2)35-14-16-7-9-18(27)10-8-16/h3-13H,14H2,1-2H3,(H,29,31,33)/b19-11+. The van der Waals surface area contributed by atoms with Crippen LogP contribution in [0.15, 0.2) is 66.2 Å². The number of barbiturate groups is 1. The van der Waals surface area contributed by atoms with E-state index < -0.39 is 17.8 Å². The van der Waals surface area contributed by atoms with E-state index in [1.54, 1.807) is 55.5 Å². The molecule has 3 aromatic carbocycles. The van der Waals surface area contributed by atoms with Gasteiger partial charge in [0.25, 0.3) is 11.8 Å². The summed E-state index contributed by atoms with van der Waals surface area (Å²) in [6, 6.07) is 15.4. The van der Waals surface area contributed by atoms with Crippen LogP contribution in [0.2, 0.25) is 0 Å². The normalized spacial score (nSPS) is 14.8. The zero-order valence-electron chi connectivity index (χ0n) is 18.8. The third-order valence-electron chi connectivity index (χ3n) is 5.32. The molecule has 9 heteroatoms. The molecule has 1 N–H and O–H groups in total. The van der Waals surface area contributed by atoms with E-state index in [0.717, 1.165) is 10.5 Å². The number of nitrogens with zero attached hydrogens (tertiary/aromatic N) is 1. The predicted octanol–water partition coefficient (Wildman–Crippen LogP) is 4.99. The van der Waals surface area contributed by atoms with Gasteiger partial charge in [0.2, 0.25) is 0 Å². The molecule has 0 bridgehead atoms. The van der Waals surface area contributed by atoms with Crippen LogP contribution >= 0.6 is 22.6 Å². The number of ether oxygens (including phenoxy) is 2. The minimum atomic E-state index is -0.803. The van der Waals surface area contributed by atoms with Crippen LogP contribution in [0.3, 0.4) is 0 Å². The van der Waals surface area contributed by atoms with Crippen LogP contribution in [0.5, 0.6) is 11.5 Å². The van der Waals surface area contributed by atoms with E-state index in [0.29, 0.717) is 31.9 Å². The number of benzene rings is 3. The summed E-state index contributed by atoms with van der Waals surface area (Å²) in [6.45, 7) is 1.97. The molecule has 0 spiro atoms. The van der Waals surface area contributed by atoms with Crippen LogP contribution in [-0.2, 0) is 16.2 Å². The molecule has 0 atom stereocenters. The number of urea groups is 1. The molecule has 178 valence electrons. The second kappa shape index (κ2) is 10.3. The Labute approximate surface area is 214 Å². The molecule has 0 radical (unpaired) electrons. The lowest BCUT2D eigenvalue weighted by Gasteiger charge is -2.27. The zero-order valence-corrected chi connectivity index (χ0v) is 21.0. The maximum atomic E-state index is 13.2. The Morgan fingerprint density at radius 2 is 1.77 bits per heavy atom. The lowest BCUT2D eigenvalue weighted by molar-refractivity contribution is -0.122. The number of nitrogens with one attached hydrogen (secondary N) is 1. The Kier molecular flexibility index (Phi) is 7.15. The van der Waals surface area contributed by atoms with Gasteiger partial charge in [-0.05, 0) is 82.6 Å². The quantitative estimate of drug-likeness (QED) is 0.250. The molecule has 0 aromatic heterocycles. The maximum Gasteiger partial charge on any atom is 0.335 e. The molecule has 4 rings (SSSR count). The first-order valence-corrected chi connectivity index (χ1v) is 11.6. The van der Waals surface area contributed by atoms with Crippen LogP contribution in [0.4, 0.5) is 14.9 Å². The average Bonchev–Trinajstić information content (AvgIpc) is 2.83. The highest BCUT2D eigenvalue weighted by Crippen LogP contribution is 2.35. The fraction of sp³-hybridized carbons (Fsp3) is 0.115. The Morgan fingerprint density at radius 3 is 2.46 bits per heavy atom. The molecule has 7 nitrogen and oxygen atoms in total. The van der Waals surface area contributed by atoms with Crippen LogP contribution in [-0.4, -0.2) is 25.0 Å². The topological polar surface area (TPSA) is 84.9 Å². The molecule has 3 aromatic rings. The predicted molar refractivity (Wildman–Crippen MR) is 137 cm³/mol. The number of halogens is 2. The number of amides is 4. The van der Waals surface area contributed by atoms with Gasteiger partial charge in [-0.1, -0.05) is 30.3 Å². The maximum absolute atomic E-state index is 13.2. The number of hydrogen-bond donors (Lipinski definition) is 1. The van der Waals surface area contributed by atoms with Crippen molar-refractivity contribution < 1.29 is 28.2 Å². The number of imide groups is 2. The highest BCUT2D eigenvalue weighted by atomic mass is 127. The first-order valence-electron chi connectivity index (χ1n) is 10.5.